The van der Waals surface area contributed by atoms with E-state index in [1.54, 1.807) is 30.3 Å². The first kappa shape index (κ1) is 38.7. The quantitative estimate of drug-likeness (QED) is 0.0341. The molecule has 1 heterocycles. The average Bonchev–Trinajstić information content (AvgIpc) is 3.20. The van der Waals surface area contributed by atoms with Crippen LogP contribution in [0.3, 0.4) is 0 Å². The Morgan fingerprint density at radius 2 is 1.04 bits per heavy atom. The van der Waals surface area contributed by atoms with Crippen LogP contribution in [0.4, 0.5) is 26.7 Å². The molecule has 8 nitrogen and oxygen atoms in total. The molecule has 0 aromatic heterocycles. The van der Waals surface area contributed by atoms with E-state index in [0.29, 0.717) is 5.75 Å². The molecule has 1 aliphatic heterocycles. The summed E-state index contributed by atoms with van der Waals surface area (Å²) in [4.78, 5) is 13.3. The molecule has 0 aliphatic carbocycles. The van der Waals surface area contributed by atoms with Crippen LogP contribution < -0.4 is 8.92 Å². The Labute approximate surface area is 311 Å². The Kier molecular flexibility index (Phi) is 13.5. The Morgan fingerprint density at radius 1 is 0.574 bits per heavy atom. The van der Waals surface area contributed by atoms with Crippen LogP contribution in [-0.2, 0) is 43.5 Å². The summed E-state index contributed by atoms with van der Waals surface area (Å²) in [7, 11) is 0. The standard InChI is InChI=1S/C40H33F5O8S/c41-30-31(42)33(44)36(34(45)32(30)43)53-54-40(46)52-38-37(49-23-27-17-9-3-10-18-27)35(48-22-26-15-7-2-8-16-26)29(24-47-21-25-13-5-1-6-14-25)51-39(38)50-28-19-11-4-12-20-28/h1-20,29,35,37-39H,21-24H2/t29-,35-,37+,38-,39-/m1/s1. The Bertz CT molecular complexity index is 1920. The molecule has 0 unspecified atom stereocenters. The summed E-state index contributed by atoms with van der Waals surface area (Å²) in [5.74, 6) is -12.8. The molecule has 6 rings (SSSR count). The van der Waals surface area contributed by atoms with Crippen LogP contribution in [0.2, 0.25) is 0 Å². The molecular formula is C40H33F5O8S. The second-order valence-electron chi connectivity index (χ2n) is 11.9. The zero-order valence-corrected chi connectivity index (χ0v) is 29.1. The van der Waals surface area contributed by atoms with Crippen LogP contribution in [0.1, 0.15) is 16.7 Å². The summed E-state index contributed by atoms with van der Waals surface area (Å²) in [5, 5.41) is -1.34. The number of rotatable bonds is 15. The molecule has 5 atom stereocenters. The van der Waals surface area contributed by atoms with E-state index < -0.39 is 70.8 Å². The molecule has 0 spiro atoms. The number of benzene rings is 5. The van der Waals surface area contributed by atoms with Gasteiger partial charge in [-0.25, -0.2) is 18.0 Å². The SMILES string of the molecule is O=C(O[C@H]1[C@H](Oc2ccccc2)O[C@H](COCc2ccccc2)[C@@H](OCc2ccccc2)[C@@H]1OCc1ccccc1)SOc1c(F)c(F)c(F)c(F)c1F. The third-order valence-corrected chi connectivity index (χ3v) is 8.63. The summed E-state index contributed by atoms with van der Waals surface area (Å²) in [5.41, 5.74) is 2.48. The Hall–Kier alpha value is -4.99. The first-order chi connectivity index (χ1) is 26.3. The van der Waals surface area contributed by atoms with E-state index in [2.05, 4.69) is 0 Å². The minimum absolute atomic E-state index is 0.00853. The number of halogens is 5. The smallest absolute Gasteiger partial charge is 0.407 e. The van der Waals surface area contributed by atoms with Crippen molar-refractivity contribution in [2.24, 2.45) is 0 Å². The zero-order chi connectivity index (χ0) is 37.9. The van der Waals surface area contributed by atoms with Gasteiger partial charge in [0.25, 0.3) is 0 Å². The van der Waals surface area contributed by atoms with E-state index in [1.807, 2.05) is 91.0 Å². The van der Waals surface area contributed by atoms with Gasteiger partial charge in [-0.2, -0.15) is 8.78 Å². The van der Waals surface area contributed by atoms with Gasteiger partial charge in [-0.1, -0.05) is 109 Å². The number of carbonyl (C=O) groups is 1. The molecule has 0 N–H and O–H groups in total. The monoisotopic (exact) mass is 768 g/mol. The van der Waals surface area contributed by atoms with Crippen molar-refractivity contribution >= 4 is 17.3 Å². The lowest BCUT2D eigenvalue weighted by Gasteiger charge is -2.45. The predicted octanol–water partition coefficient (Wildman–Crippen LogP) is 9.11. The van der Waals surface area contributed by atoms with E-state index in [0.717, 1.165) is 16.7 Å². The lowest BCUT2D eigenvalue weighted by Crippen LogP contribution is -2.62. The molecular weight excluding hydrogens is 735 g/mol. The van der Waals surface area contributed by atoms with Crippen molar-refractivity contribution in [2.75, 3.05) is 6.61 Å². The normalized spacial score (nSPS) is 19.6. The van der Waals surface area contributed by atoms with Gasteiger partial charge < -0.3 is 32.6 Å². The Morgan fingerprint density at radius 3 is 1.57 bits per heavy atom. The highest BCUT2D eigenvalue weighted by Gasteiger charge is 2.51. The molecule has 5 aromatic carbocycles. The van der Waals surface area contributed by atoms with E-state index in [9.17, 15) is 26.7 Å². The van der Waals surface area contributed by atoms with Gasteiger partial charge in [0.15, 0.2) is 18.1 Å². The van der Waals surface area contributed by atoms with Crippen LogP contribution in [0.25, 0.3) is 0 Å². The van der Waals surface area contributed by atoms with Crippen molar-refractivity contribution in [3.8, 4) is 11.5 Å². The summed E-state index contributed by atoms with van der Waals surface area (Å²) in [6.45, 7) is 0.301. The molecule has 0 radical (unpaired) electrons. The molecule has 282 valence electrons. The minimum atomic E-state index is -2.38. The van der Waals surface area contributed by atoms with Crippen molar-refractivity contribution < 1.29 is 59.4 Å². The molecule has 1 aliphatic rings. The third kappa shape index (κ3) is 9.95. The van der Waals surface area contributed by atoms with Gasteiger partial charge in [0, 0.05) is 0 Å². The maximum absolute atomic E-state index is 14.4. The number of para-hydroxylation sites is 1. The van der Waals surface area contributed by atoms with Gasteiger partial charge >= 0.3 is 5.30 Å². The third-order valence-electron chi connectivity index (χ3n) is 8.15. The summed E-state index contributed by atoms with van der Waals surface area (Å²) >= 11 is -0.306. The number of carbonyl (C=O) groups excluding carboxylic acids is 1. The van der Waals surface area contributed by atoms with Crippen LogP contribution in [0, 0.1) is 29.1 Å². The van der Waals surface area contributed by atoms with Crippen LogP contribution in [0.15, 0.2) is 121 Å². The second kappa shape index (κ2) is 18.9. The number of hydrogen-bond acceptors (Lipinski definition) is 9. The fourth-order valence-electron chi connectivity index (χ4n) is 5.52. The second-order valence-corrected chi connectivity index (χ2v) is 12.6. The van der Waals surface area contributed by atoms with Gasteiger partial charge in [0.2, 0.25) is 41.1 Å². The predicted molar refractivity (Wildman–Crippen MR) is 187 cm³/mol. The minimum Gasteiger partial charge on any atom is -0.461 e. The highest BCUT2D eigenvalue weighted by molar-refractivity contribution is 8.09. The van der Waals surface area contributed by atoms with Crippen molar-refractivity contribution in [1.82, 2.24) is 0 Å². The van der Waals surface area contributed by atoms with Crippen LogP contribution in [0.5, 0.6) is 11.5 Å². The lowest BCUT2D eigenvalue weighted by atomic mass is 9.98. The van der Waals surface area contributed by atoms with Gasteiger partial charge in [-0.15, -0.1) is 0 Å². The van der Waals surface area contributed by atoms with E-state index >= 15 is 0 Å². The first-order valence-corrected chi connectivity index (χ1v) is 17.4. The van der Waals surface area contributed by atoms with Crippen molar-refractivity contribution in [1.29, 1.82) is 0 Å². The lowest BCUT2D eigenvalue weighted by molar-refractivity contribution is -0.297. The topological polar surface area (TPSA) is 81.7 Å². The van der Waals surface area contributed by atoms with Crippen molar-refractivity contribution in [3.63, 3.8) is 0 Å². The van der Waals surface area contributed by atoms with E-state index in [4.69, 9.17) is 32.6 Å². The van der Waals surface area contributed by atoms with Crippen molar-refractivity contribution in [2.45, 2.75) is 50.5 Å². The largest absolute Gasteiger partial charge is 0.461 e. The van der Waals surface area contributed by atoms with Gasteiger partial charge in [-0.3, -0.25) is 0 Å². The fraction of sp³-hybridized carbons (Fsp3) is 0.225. The zero-order valence-electron chi connectivity index (χ0n) is 28.3. The molecule has 0 amide bonds. The van der Waals surface area contributed by atoms with Gasteiger partial charge in [0.1, 0.15) is 24.1 Å². The highest BCUT2D eigenvalue weighted by Crippen LogP contribution is 2.35. The fourth-order valence-corrected chi connectivity index (χ4v) is 5.97. The van der Waals surface area contributed by atoms with Gasteiger partial charge in [-0.05, 0) is 28.8 Å². The summed E-state index contributed by atoms with van der Waals surface area (Å²) in [6, 6.07) is 36.3. The maximum Gasteiger partial charge on any atom is 0.407 e. The maximum atomic E-state index is 14.4. The summed E-state index contributed by atoms with van der Waals surface area (Å²) < 4.78 is 112. The van der Waals surface area contributed by atoms with E-state index in [1.165, 1.54) is 0 Å². The summed E-state index contributed by atoms with van der Waals surface area (Å²) in [6.07, 6.45) is -5.87. The molecule has 1 saturated heterocycles. The number of hydrogen-bond donors (Lipinski definition) is 0. The van der Waals surface area contributed by atoms with Crippen LogP contribution in [-0.4, -0.2) is 42.6 Å². The number of ether oxygens (including phenoxy) is 6. The Balaban J connectivity index is 1.32. The molecule has 1 fully saturated rings. The molecule has 5 aromatic rings. The molecule has 14 heteroatoms. The highest BCUT2D eigenvalue weighted by atomic mass is 32.2. The van der Waals surface area contributed by atoms with Crippen LogP contribution >= 0.6 is 12.0 Å². The molecule has 54 heavy (non-hydrogen) atoms. The van der Waals surface area contributed by atoms with Crippen molar-refractivity contribution in [3.05, 3.63) is 167 Å². The first-order valence-electron chi connectivity index (χ1n) is 16.6. The molecule has 0 bridgehead atoms. The van der Waals surface area contributed by atoms with E-state index in [-0.39, 0.29) is 38.5 Å². The average molecular weight is 769 g/mol. The van der Waals surface area contributed by atoms with Gasteiger partial charge in [0.05, 0.1) is 26.4 Å². The molecule has 0 saturated carbocycles.